The van der Waals surface area contributed by atoms with Gasteiger partial charge in [-0.3, -0.25) is 0 Å². The molecule has 0 unspecified atom stereocenters. The Balaban J connectivity index is 1.21. The van der Waals surface area contributed by atoms with E-state index in [1.54, 1.807) is 0 Å². The number of benzene rings is 7. The van der Waals surface area contributed by atoms with Crippen LogP contribution >= 0.6 is 22.7 Å². The van der Waals surface area contributed by atoms with E-state index in [-0.39, 0.29) is 0 Å². The third kappa shape index (κ3) is 5.00. The van der Waals surface area contributed by atoms with Crippen molar-refractivity contribution in [2.75, 3.05) is 0 Å². The smallest absolute Gasteiger partial charge is 0.161 e. The molecule has 234 valence electrons. The molecule has 0 aliphatic rings. The van der Waals surface area contributed by atoms with E-state index in [4.69, 9.17) is 9.97 Å². The quantitative estimate of drug-likeness (QED) is 0.182. The highest BCUT2D eigenvalue weighted by atomic mass is 32.1. The Bertz CT molecular complexity index is 2870. The van der Waals surface area contributed by atoms with Gasteiger partial charge in [0.2, 0.25) is 0 Å². The highest BCUT2D eigenvalue weighted by molar-refractivity contribution is 7.26. The zero-order valence-electron chi connectivity index (χ0n) is 26.9. The first-order valence-electron chi connectivity index (χ1n) is 16.7. The van der Waals surface area contributed by atoms with Crippen LogP contribution in [0.4, 0.5) is 0 Å². The molecule has 0 saturated carbocycles. The lowest BCUT2D eigenvalue weighted by Gasteiger charge is -2.13. The van der Waals surface area contributed by atoms with Crippen molar-refractivity contribution in [1.29, 1.82) is 0 Å². The summed E-state index contributed by atoms with van der Waals surface area (Å²) < 4.78 is 5.09. The van der Waals surface area contributed by atoms with Crippen LogP contribution in [0.2, 0.25) is 0 Å². The molecule has 0 amide bonds. The van der Waals surface area contributed by atoms with E-state index in [1.807, 2.05) is 28.7 Å². The van der Waals surface area contributed by atoms with Crippen molar-refractivity contribution in [1.82, 2.24) is 9.97 Å². The first kappa shape index (κ1) is 29.0. The van der Waals surface area contributed by atoms with Gasteiger partial charge in [-0.25, -0.2) is 9.97 Å². The van der Waals surface area contributed by atoms with Crippen LogP contribution in [0.25, 0.3) is 96.5 Å². The maximum Gasteiger partial charge on any atom is 0.161 e. The second-order valence-electron chi connectivity index (χ2n) is 12.6. The highest BCUT2D eigenvalue weighted by Crippen LogP contribution is 2.41. The van der Waals surface area contributed by atoms with Crippen LogP contribution < -0.4 is 0 Å². The summed E-state index contributed by atoms with van der Waals surface area (Å²) >= 11 is 3.66. The SMILES string of the molecule is c1ccc(-c2cc(-c3ccc4sc5ccccc5c4c3)cc(-c3cc(-c4ccccc4)nc(-c4cccc5c4sc4ccccc45)n3)c2)cc1. The third-order valence-corrected chi connectivity index (χ3v) is 11.9. The summed E-state index contributed by atoms with van der Waals surface area (Å²) in [5, 5.41) is 5.10. The molecule has 3 aromatic heterocycles. The van der Waals surface area contributed by atoms with Crippen molar-refractivity contribution in [3.05, 3.63) is 170 Å². The maximum absolute atomic E-state index is 5.37. The van der Waals surface area contributed by atoms with Crippen LogP contribution in [0, 0.1) is 0 Å². The Morgan fingerprint density at radius 1 is 0.320 bits per heavy atom. The average Bonchev–Trinajstić information content (AvgIpc) is 3.76. The maximum atomic E-state index is 5.37. The summed E-state index contributed by atoms with van der Waals surface area (Å²) in [4.78, 5) is 10.6. The van der Waals surface area contributed by atoms with E-state index < -0.39 is 0 Å². The Hall–Kier alpha value is -5.94. The zero-order valence-corrected chi connectivity index (χ0v) is 28.5. The minimum Gasteiger partial charge on any atom is -0.228 e. The van der Waals surface area contributed by atoms with E-state index in [2.05, 4.69) is 164 Å². The molecule has 7 aromatic carbocycles. The van der Waals surface area contributed by atoms with Crippen molar-refractivity contribution in [3.8, 4) is 56.2 Å². The number of rotatable bonds is 5. The summed E-state index contributed by atoms with van der Waals surface area (Å²) in [5.74, 6) is 0.733. The summed E-state index contributed by atoms with van der Waals surface area (Å²) in [6.07, 6.45) is 0. The van der Waals surface area contributed by atoms with Gasteiger partial charge in [-0.05, 0) is 76.9 Å². The standard InChI is InChI=1S/C46H28N2S2/c1-3-12-29(13-4-1)32-24-33(31-22-23-44-39(27-31)36-17-8-9-20-42(36)49-44)26-34(25-32)41-28-40(30-14-5-2-6-15-30)47-46(48-41)38-19-11-18-37-35-16-7-10-21-43(35)50-45(37)38/h1-28H. The van der Waals surface area contributed by atoms with E-state index >= 15 is 0 Å². The number of aromatic nitrogens is 2. The molecule has 0 aliphatic carbocycles. The lowest BCUT2D eigenvalue weighted by atomic mass is 9.94. The van der Waals surface area contributed by atoms with Gasteiger partial charge in [0.25, 0.3) is 0 Å². The Labute approximate surface area is 297 Å². The predicted molar refractivity (Wildman–Crippen MR) is 215 cm³/mol. The van der Waals surface area contributed by atoms with Crippen molar-refractivity contribution in [2.24, 2.45) is 0 Å². The Kier molecular flexibility index (Phi) is 6.90. The van der Waals surface area contributed by atoms with Crippen LogP contribution in [-0.2, 0) is 0 Å². The van der Waals surface area contributed by atoms with Gasteiger partial charge in [0.15, 0.2) is 5.82 Å². The second-order valence-corrected chi connectivity index (χ2v) is 14.7. The zero-order chi connectivity index (χ0) is 33.0. The highest BCUT2D eigenvalue weighted by Gasteiger charge is 2.17. The molecule has 0 spiro atoms. The van der Waals surface area contributed by atoms with Gasteiger partial charge >= 0.3 is 0 Å². The van der Waals surface area contributed by atoms with Crippen molar-refractivity contribution < 1.29 is 0 Å². The molecule has 10 aromatic rings. The molecule has 0 N–H and O–H groups in total. The van der Waals surface area contributed by atoms with E-state index in [1.165, 1.54) is 51.5 Å². The summed E-state index contributed by atoms with van der Waals surface area (Å²) in [6, 6.07) is 60.8. The van der Waals surface area contributed by atoms with Gasteiger partial charge in [-0.1, -0.05) is 115 Å². The molecular weight excluding hydrogens is 645 g/mol. The van der Waals surface area contributed by atoms with E-state index in [0.29, 0.717) is 0 Å². The summed E-state index contributed by atoms with van der Waals surface area (Å²) in [7, 11) is 0. The van der Waals surface area contributed by atoms with Gasteiger partial charge < -0.3 is 0 Å². The fourth-order valence-electron chi connectivity index (χ4n) is 7.04. The van der Waals surface area contributed by atoms with Gasteiger partial charge in [-0.15, -0.1) is 22.7 Å². The molecule has 0 saturated heterocycles. The lowest BCUT2D eigenvalue weighted by molar-refractivity contribution is 1.19. The summed E-state index contributed by atoms with van der Waals surface area (Å²) in [5.41, 5.74) is 9.65. The van der Waals surface area contributed by atoms with Crippen molar-refractivity contribution in [3.63, 3.8) is 0 Å². The molecule has 0 atom stereocenters. The molecule has 0 bridgehead atoms. The van der Waals surface area contributed by atoms with Crippen molar-refractivity contribution in [2.45, 2.75) is 0 Å². The van der Waals surface area contributed by atoms with Crippen LogP contribution in [-0.4, -0.2) is 9.97 Å². The molecule has 0 fully saturated rings. The first-order chi connectivity index (χ1) is 24.7. The van der Waals surface area contributed by atoms with Crippen molar-refractivity contribution >= 4 is 63.0 Å². The monoisotopic (exact) mass is 672 g/mol. The number of hydrogen-bond donors (Lipinski definition) is 0. The van der Waals surface area contributed by atoms with Crippen LogP contribution in [0.5, 0.6) is 0 Å². The molecule has 50 heavy (non-hydrogen) atoms. The molecule has 3 heterocycles. The molecule has 0 radical (unpaired) electrons. The predicted octanol–water partition coefficient (Wildman–Crippen LogP) is 13.5. The topological polar surface area (TPSA) is 25.8 Å². The van der Waals surface area contributed by atoms with E-state index in [0.717, 1.165) is 45.0 Å². The van der Waals surface area contributed by atoms with E-state index in [9.17, 15) is 0 Å². The number of fused-ring (bicyclic) bond motifs is 6. The molecule has 2 nitrogen and oxygen atoms in total. The minimum absolute atomic E-state index is 0.733. The normalized spacial score (nSPS) is 11.6. The van der Waals surface area contributed by atoms with Gasteiger partial charge in [0.1, 0.15) is 0 Å². The Morgan fingerprint density at radius 2 is 0.880 bits per heavy atom. The van der Waals surface area contributed by atoms with Gasteiger partial charge in [0, 0.05) is 57.0 Å². The largest absolute Gasteiger partial charge is 0.228 e. The third-order valence-electron chi connectivity index (χ3n) is 9.49. The first-order valence-corrected chi connectivity index (χ1v) is 18.4. The van der Waals surface area contributed by atoms with Crippen LogP contribution in [0.15, 0.2) is 170 Å². The molecule has 10 rings (SSSR count). The average molecular weight is 673 g/mol. The lowest BCUT2D eigenvalue weighted by Crippen LogP contribution is -1.96. The number of nitrogens with zero attached hydrogens (tertiary/aromatic N) is 2. The number of thiophene rings is 2. The Morgan fingerprint density at radius 3 is 1.64 bits per heavy atom. The van der Waals surface area contributed by atoms with Crippen LogP contribution in [0.1, 0.15) is 0 Å². The fraction of sp³-hybridized carbons (Fsp3) is 0. The minimum atomic E-state index is 0.733. The molecular formula is C46H28N2S2. The van der Waals surface area contributed by atoms with Gasteiger partial charge in [-0.2, -0.15) is 0 Å². The second kappa shape index (κ2) is 11.9. The summed E-state index contributed by atoms with van der Waals surface area (Å²) in [6.45, 7) is 0. The van der Waals surface area contributed by atoms with Gasteiger partial charge in [0.05, 0.1) is 11.4 Å². The number of hydrogen-bond acceptors (Lipinski definition) is 4. The molecule has 0 aliphatic heterocycles. The molecule has 4 heteroatoms. The van der Waals surface area contributed by atoms with Crippen LogP contribution in [0.3, 0.4) is 0 Å². The fourth-order valence-corrected chi connectivity index (χ4v) is 9.34.